The lowest BCUT2D eigenvalue weighted by molar-refractivity contribution is -0.115. The van der Waals surface area contributed by atoms with E-state index in [1.807, 2.05) is 18.2 Å². The summed E-state index contributed by atoms with van der Waals surface area (Å²) in [6.45, 7) is 0. The van der Waals surface area contributed by atoms with E-state index in [1.165, 1.54) is 5.56 Å². The molecule has 1 unspecified atom stereocenters. The molecular weight excluding hydrogens is 254 g/mol. The highest BCUT2D eigenvalue weighted by atomic mass is 79.9. The number of carbonyl (C=O) groups is 1. The fraction of sp³-hybridized carbons (Fsp3) is 0.417. The number of nitrogens with one attached hydrogen (secondary N) is 1. The fourth-order valence-corrected chi connectivity index (χ4v) is 2.28. The molecule has 1 aliphatic heterocycles. The maximum absolute atomic E-state index is 11.7. The number of alkyl halides is 1. The molecule has 1 heterocycles. The van der Waals surface area contributed by atoms with Crippen LogP contribution in [0.5, 0.6) is 0 Å². The van der Waals surface area contributed by atoms with Crippen molar-refractivity contribution in [3.63, 3.8) is 0 Å². The molecule has 0 fully saturated rings. The second-order valence-electron chi connectivity index (χ2n) is 3.86. The summed E-state index contributed by atoms with van der Waals surface area (Å²) in [4.78, 5) is 11.7. The van der Waals surface area contributed by atoms with Crippen molar-refractivity contribution in [1.29, 1.82) is 0 Å². The molecule has 0 radical (unpaired) electrons. The number of halogens is 1. The number of hydrogen-bond donors (Lipinski definition) is 1. The molecule has 1 amide bonds. The Labute approximate surface area is 98.2 Å². The summed E-state index contributed by atoms with van der Waals surface area (Å²) < 4.78 is 0. The highest BCUT2D eigenvalue weighted by molar-refractivity contribution is 9.10. The van der Waals surface area contributed by atoms with Crippen LogP contribution in [-0.4, -0.2) is 10.7 Å². The van der Waals surface area contributed by atoms with Gasteiger partial charge in [-0.25, -0.2) is 0 Å². The molecule has 1 atom stereocenters. The maximum atomic E-state index is 11.7. The first-order chi connectivity index (χ1) is 7.27. The Morgan fingerprint density at radius 1 is 1.27 bits per heavy atom. The molecule has 1 N–H and O–H groups in total. The number of fused-ring (bicyclic) bond motifs is 1. The monoisotopic (exact) mass is 267 g/mol. The van der Waals surface area contributed by atoms with Gasteiger partial charge in [-0.1, -0.05) is 40.5 Å². The predicted molar refractivity (Wildman–Crippen MR) is 65.3 cm³/mol. The Balaban J connectivity index is 2.26. The van der Waals surface area contributed by atoms with Crippen molar-refractivity contribution in [2.75, 3.05) is 5.32 Å². The van der Waals surface area contributed by atoms with Crippen molar-refractivity contribution in [1.82, 2.24) is 0 Å². The van der Waals surface area contributed by atoms with Crippen LogP contribution in [0.1, 0.15) is 24.8 Å². The molecule has 80 valence electrons. The maximum Gasteiger partial charge on any atom is 0.238 e. The van der Waals surface area contributed by atoms with Crippen LogP contribution in [0.3, 0.4) is 0 Å². The number of aryl methyl sites for hydroxylation is 1. The van der Waals surface area contributed by atoms with Crippen LogP contribution in [0.25, 0.3) is 0 Å². The van der Waals surface area contributed by atoms with E-state index < -0.39 is 0 Å². The fourth-order valence-electron chi connectivity index (χ4n) is 1.84. The van der Waals surface area contributed by atoms with Gasteiger partial charge in [-0.15, -0.1) is 0 Å². The first-order valence-corrected chi connectivity index (χ1v) is 6.22. The van der Waals surface area contributed by atoms with Gasteiger partial charge in [0.2, 0.25) is 5.91 Å². The predicted octanol–water partition coefficient (Wildman–Crippen LogP) is 3.12. The average molecular weight is 268 g/mol. The summed E-state index contributed by atoms with van der Waals surface area (Å²) in [5.41, 5.74) is 2.21. The second kappa shape index (κ2) is 4.79. The molecule has 0 bridgehead atoms. The SMILES string of the molecule is O=C1Nc2ccccc2CCCCC1Br. The summed E-state index contributed by atoms with van der Waals surface area (Å²) in [5.74, 6) is 0.0735. The average Bonchev–Trinajstić information content (AvgIpc) is 2.31. The summed E-state index contributed by atoms with van der Waals surface area (Å²) >= 11 is 3.41. The molecule has 3 heteroatoms. The number of carbonyl (C=O) groups excluding carboxylic acids is 1. The molecular formula is C12H14BrNO. The molecule has 0 aliphatic carbocycles. The third-order valence-electron chi connectivity index (χ3n) is 2.71. The summed E-state index contributed by atoms with van der Waals surface area (Å²) in [6.07, 6.45) is 4.21. The summed E-state index contributed by atoms with van der Waals surface area (Å²) in [5, 5.41) is 2.97. The normalized spacial score (nSPS) is 21.9. The zero-order chi connectivity index (χ0) is 10.7. The van der Waals surface area contributed by atoms with E-state index in [0.29, 0.717) is 0 Å². The minimum absolute atomic E-state index is 0.0522. The standard InChI is InChI=1S/C12H14BrNO/c13-10-7-3-1-5-9-6-2-4-8-11(9)14-12(10)15/h2,4,6,8,10H,1,3,5,7H2,(H,14,15). The van der Waals surface area contributed by atoms with E-state index >= 15 is 0 Å². The molecule has 0 aromatic heterocycles. The third-order valence-corrected chi connectivity index (χ3v) is 3.59. The van der Waals surface area contributed by atoms with E-state index in [4.69, 9.17) is 0 Å². The number of hydrogen-bond acceptors (Lipinski definition) is 1. The molecule has 2 nitrogen and oxygen atoms in total. The Morgan fingerprint density at radius 2 is 2.07 bits per heavy atom. The Morgan fingerprint density at radius 3 is 2.93 bits per heavy atom. The number of anilines is 1. The van der Waals surface area contributed by atoms with Crippen molar-refractivity contribution in [3.05, 3.63) is 29.8 Å². The van der Waals surface area contributed by atoms with Crippen molar-refractivity contribution < 1.29 is 4.79 Å². The smallest absolute Gasteiger partial charge is 0.238 e. The van der Waals surface area contributed by atoms with E-state index in [0.717, 1.165) is 31.4 Å². The van der Waals surface area contributed by atoms with Crippen LogP contribution in [0.2, 0.25) is 0 Å². The Bertz CT molecular complexity index is 364. The van der Waals surface area contributed by atoms with Crippen LogP contribution in [0, 0.1) is 0 Å². The van der Waals surface area contributed by atoms with E-state index in [2.05, 4.69) is 27.3 Å². The highest BCUT2D eigenvalue weighted by Gasteiger charge is 2.17. The summed E-state index contributed by atoms with van der Waals surface area (Å²) in [7, 11) is 0. The number of benzene rings is 1. The Hall–Kier alpha value is -0.830. The lowest BCUT2D eigenvalue weighted by atomic mass is 10.1. The second-order valence-corrected chi connectivity index (χ2v) is 4.97. The highest BCUT2D eigenvalue weighted by Crippen LogP contribution is 2.22. The van der Waals surface area contributed by atoms with Crippen molar-refractivity contribution in [2.45, 2.75) is 30.5 Å². The van der Waals surface area contributed by atoms with Gasteiger partial charge in [-0.3, -0.25) is 4.79 Å². The van der Waals surface area contributed by atoms with Gasteiger partial charge in [0.25, 0.3) is 0 Å². The first kappa shape index (κ1) is 10.7. The topological polar surface area (TPSA) is 29.1 Å². The molecule has 1 aromatic carbocycles. The minimum atomic E-state index is -0.0522. The van der Waals surface area contributed by atoms with Gasteiger partial charge in [0, 0.05) is 5.69 Å². The van der Waals surface area contributed by atoms with Gasteiger partial charge >= 0.3 is 0 Å². The van der Waals surface area contributed by atoms with Gasteiger partial charge in [-0.05, 0) is 30.9 Å². The van der Waals surface area contributed by atoms with Gasteiger partial charge in [-0.2, -0.15) is 0 Å². The van der Waals surface area contributed by atoms with Crippen molar-refractivity contribution >= 4 is 27.5 Å². The lowest BCUT2D eigenvalue weighted by Gasteiger charge is -2.10. The van der Waals surface area contributed by atoms with E-state index in [9.17, 15) is 4.79 Å². The number of rotatable bonds is 0. The van der Waals surface area contributed by atoms with Crippen LogP contribution in [0.4, 0.5) is 5.69 Å². The van der Waals surface area contributed by atoms with Crippen LogP contribution >= 0.6 is 15.9 Å². The van der Waals surface area contributed by atoms with Gasteiger partial charge in [0.15, 0.2) is 0 Å². The van der Waals surface area contributed by atoms with Crippen molar-refractivity contribution in [2.24, 2.45) is 0 Å². The molecule has 1 aromatic rings. The molecule has 0 saturated heterocycles. The first-order valence-electron chi connectivity index (χ1n) is 5.30. The van der Waals surface area contributed by atoms with Crippen LogP contribution in [0.15, 0.2) is 24.3 Å². The van der Waals surface area contributed by atoms with E-state index in [-0.39, 0.29) is 10.7 Å². The zero-order valence-corrected chi connectivity index (χ0v) is 10.1. The largest absolute Gasteiger partial charge is 0.325 e. The molecule has 2 rings (SSSR count). The molecule has 0 saturated carbocycles. The Kier molecular flexibility index (Phi) is 3.41. The van der Waals surface area contributed by atoms with Gasteiger partial charge < -0.3 is 5.32 Å². The minimum Gasteiger partial charge on any atom is -0.325 e. The number of para-hydroxylation sites is 1. The lowest BCUT2D eigenvalue weighted by Crippen LogP contribution is -2.22. The van der Waals surface area contributed by atoms with Crippen molar-refractivity contribution in [3.8, 4) is 0 Å². The molecule has 1 aliphatic rings. The van der Waals surface area contributed by atoms with Gasteiger partial charge in [0.1, 0.15) is 0 Å². The molecule has 0 spiro atoms. The van der Waals surface area contributed by atoms with Crippen LogP contribution < -0.4 is 5.32 Å². The summed E-state index contributed by atoms with van der Waals surface area (Å²) in [6, 6.07) is 8.04. The number of amides is 1. The van der Waals surface area contributed by atoms with E-state index in [1.54, 1.807) is 0 Å². The van der Waals surface area contributed by atoms with Crippen LogP contribution in [-0.2, 0) is 11.2 Å². The molecule has 15 heavy (non-hydrogen) atoms. The van der Waals surface area contributed by atoms with Gasteiger partial charge in [0.05, 0.1) is 4.83 Å². The zero-order valence-electron chi connectivity index (χ0n) is 8.50. The third kappa shape index (κ3) is 2.59. The quantitative estimate of drug-likeness (QED) is 0.720.